The van der Waals surface area contributed by atoms with Gasteiger partial charge in [-0.05, 0) is 19.1 Å². The number of benzene rings is 1. The van der Waals surface area contributed by atoms with E-state index in [1.807, 2.05) is 13.0 Å². The number of amides is 2. The second kappa shape index (κ2) is 3.28. The molecule has 1 aromatic carbocycles. The van der Waals surface area contributed by atoms with Crippen molar-refractivity contribution in [3.63, 3.8) is 0 Å². The Balaban J connectivity index is 2.15. The van der Waals surface area contributed by atoms with Crippen LogP contribution in [-0.2, 0) is 0 Å². The van der Waals surface area contributed by atoms with Crippen LogP contribution < -0.4 is 4.90 Å². The number of aryl methyl sites for hydroxylation is 1. The summed E-state index contributed by atoms with van der Waals surface area (Å²) in [5.74, 6) is -0.405. The highest BCUT2D eigenvalue weighted by Gasteiger charge is 2.37. The second-order valence-electron chi connectivity index (χ2n) is 3.91. The molecular weight excluding hydrogens is 218 g/mol. The van der Waals surface area contributed by atoms with Gasteiger partial charge in [0.05, 0.1) is 11.1 Å². The number of H-pyrrole nitrogens is 1. The number of carbonyl (C=O) groups excluding carboxylic acids is 2. The Hall–Kier alpha value is -2.43. The molecule has 84 valence electrons. The van der Waals surface area contributed by atoms with Crippen molar-refractivity contribution in [2.75, 3.05) is 4.90 Å². The number of anilines is 1. The topological polar surface area (TPSA) is 66.1 Å². The molecule has 1 aliphatic heterocycles. The standard InChI is InChI=1S/C12H9N3O2/c1-7-2-3-8-9(6-7)11(17)15(10(8)16)12-13-4-5-14-12/h2-6H,1H3,(H,13,14). The molecule has 2 heterocycles. The van der Waals surface area contributed by atoms with E-state index in [9.17, 15) is 9.59 Å². The van der Waals surface area contributed by atoms with E-state index in [-0.39, 0.29) is 17.8 Å². The van der Waals surface area contributed by atoms with Gasteiger partial charge in [0.15, 0.2) is 0 Å². The van der Waals surface area contributed by atoms with E-state index in [0.29, 0.717) is 11.1 Å². The molecule has 0 saturated carbocycles. The summed E-state index contributed by atoms with van der Waals surface area (Å²) in [4.78, 5) is 31.9. The first kappa shape index (κ1) is 9.77. The molecule has 17 heavy (non-hydrogen) atoms. The average molecular weight is 227 g/mol. The molecule has 5 heteroatoms. The van der Waals surface area contributed by atoms with Gasteiger partial charge in [-0.1, -0.05) is 11.6 Å². The average Bonchev–Trinajstić information content (AvgIpc) is 2.88. The van der Waals surface area contributed by atoms with E-state index >= 15 is 0 Å². The van der Waals surface area contributed by atoms with Crippen molar-refractivity contribution in [3.8, 4) is 0 Å². The lowest BCUT2D eigenvalue weighted by Crippen LogP contribution is -2.30. The summed E-state index contributed by atoms with van der Waals surface area (Å²) in [5.41, 5.74) is 1.81. The van der Waals surface area contributed by atoms with Crippen molar-refractivity contribution in [3.05, 3.63) is 47.3 Å². The first-order chi connectivity index (χ1) is 8.18. The molecule has 2 amide bonds. The van der Waals surface area contributed by atoms with Crippen LogP contribution in [0, 0.1) is 6.92 Å². The van der Waals surface area contributed by atoms with Gasteiger partial charge < -0.3 is 4.98 Å². The van der Waals surface area contributed by atoms with Crippen LogP contribution >= 0.6 is 0 Å². The number of nitrogens with one attached hydrogen (secondary N) is 1. The number of aromatic amines is 1. The Kier molecular flexibility index (Phi) is 1.89. The quantitative estimate of drug-likeness (QED) is 0.751. The third kappa shape index (κ3) is 1.29. The largest absolute Gasteiger partial charge is 0.330 e. The van der Waals surface area contributed by atoms with Crippen LogP contribution in [0.5, 0.6) is 0 Å². The normalized spacial score (nSPS) is 14.3. The van der Waals surface area contributed by atoms with Crippen LogP contribution in [0.1, 0.15) is 26.3 Å². The molecule has 1 N–H and O–H groups in total. The highest BCUT2D eigenvalue weighted by atomic mass is 16.2. The van der Waals surface area contributed by atoms with Gasteiger partial charge in [-0.25, -0.2) is 9.88 Å². The van der Waals surface area contributed by atoms with Crippen LogP contribution in [0.15, 0.2) is 30.6 Å². The summed E-state index contributed by atoms with van der Waals surface area (Å²) in [6.07, 6.45) is 3.08. The minimum Gasteiger partial charge on any atom is -0.330 e. The van der Waals surface area contributed by atoms with E-state index < -0.39 is 0 Å². The van der Waals surface area contributed by atoms with Crippen LogP contribution in [0.4, 0.5) is 5.95 Å². The maximum atomic E-state index is 12.1. The van der Waals surface area contributed by atoms with E-state index in [1.165, 1.54) is 6.20 Å². The van der Waals surface area contributed by atoms with Gasteiger partial charge in [0.25, 0.3) is 11.8 Å². The van der Waals surface area contributed by atoms with E-state index in [0.717, 1.165) is 10.5 Å². The Bertz CT molecular complexity index is 617. The SMILES string of the molecule is Cc1ccc2c(c1)C(=O)N(c1ncc[nH]1)C2=O. The molecule has 0 saturated heterocycles. The number of imide groups is 1. The molecule has 0 aliphatic carbocycles. The van der Waals surface area contributed by atoms with Crippen molar-refractivity contribution in [2.24, 2.45) is 0 Å². The number of hydrogen-bond acceptors (Lipinski definition) is 3. The van der Waals surface area contributed by atoms with E-state index in [2.05, 4.69) is 9.97 Å². The van der Waals surface area contributed by atoms with Crippen molar-refractivity contribution in [2.45, 2.75) is 6.92 Å². The third-order valence-electron chi connectivity index (χ3n) is 2.74. The Labute approximate surface area is 97.1 Å². The molecule has 0 fully saturated rings. The van der Waals surface area contributed by atoms with Gasteiger partial charge in [-0.2, -0.15) is 0 Å². The van der Waals surface area contributed by atoms with Gasteiger partial charge >= 0.3 is 0 Å². The highest BCUT2D eigenvalue weighted by Crippen LogP contribution is 2.26. The fourth-order valence-corrected chi connectivity index (χ4v) is 1.93. The van der Waals surface area contributed by atoms with Gasteiger partial charge in [-0.3, -0.25) is 9.59 Å². The number of aromatic nitrogens is 2. The van der Waals surface area contributed by atoms with Crippen LogP contribution in [-0.4, -0.2) is 21.8 Å². The van der Waals surface area contributed by atoms with Gasteiger partial charge in [0.2, 0.25) is 5.95 Å². The van der Waals surface area contributed by atoms with Gasteiger partial charge in [0, 0.05) is 12.4 Å². The molecule has 5 nitrogen and oxygen atoms in total. The zero-order valence-corrected chi connectivity index (χ0v) is 9.10. The summed E-state index contributed by atoms with van der Waals surface area (Å²) < 4.78 is 0. The summed E-state index contributed by atoms with van der Waals surface area (Å²) >= 11 is 0. The van der Waals surface area contributed by atoms with Gasteiger partial charge in [-0.15, -0.1) is 0 Å². The Morgan fingerprint density at radius 3 is 2.65 bits per heavy atom. The first-order valence-electron chi connectivity index (χ1n) is 5.17. The molecular formula is C12H9N3O2. The molecule has 1 aromatic heterocycles. The molecule has 0 radical (unpaired) electrons. The minimum absolute atomic E-state index is 0.258. The lowest BCUT2D eigenvalue weighted by Gasteiger charge is -2.08. The molecule has 3 rings (SSSR count). The molecule has 2 aromatic rings. The molecule has 0 bridgehead atoms. The van der Waals surface area contributed by atoms with Crippen molar-refractivity contribution in [1.29, 1.82) is 0 Å². The molecule has 1 aliphatic rings. The summed E-state index contributed by atoms with van der Waals surface area (Å²) in [6, 6.07) is 5.21. The van der Waals surface area contributed by atoms with Crippen molar-refractivity contribution in [1.82, 2.24) is 9.97 Å². The molecule has 0 atom stereocenters. The molecule has 0 spiro atoms. The monoisotopic (exact) mass is 227 g/mol. The minimum atomic E-state index is -0.333. The fraction of sp³-hybridized carbons (Fsp3) is 0.0833. The number of fused-ring (bicyclic) bond motifs is 1. The summed E-state index contributed by atoms with van der Waals surface area (Å²) in [5, 5.41) is 0. The summed E-state index contributed by atoms with van der Waals surface area (Å²) in [6.45, 7) is 1.88. The molecule has 0 unspecified atom stereocenters. The van der Waals surface area contributed by atoms with Crippen LogP contribution in [0.25, 0.3) is 0 Å². The number of nitrogens with zero attached hydrogens (tertiary/aromatic N) is 2. The predicted molar refractivity (Wildman–Crippen MR) is 60.9 cm³/mol. The maximum absolute atomic E-state index is 12.1. The zero-order valence-electron chi connectivity index (χ0n) is 9.10. The smallest absolute Gasteiger partial charge is 0.268 e. The number of imidazole rings is 1. The fourth-order valence-electron chi connectivity index (χ4n) is 1.93. The number of rotatable bonds is 1. The summed E-state index contributed by atoms with van der Waals surface area (Å²) in [7, 11) is 0. The van der Waals surface area contributed by atoms with Crippen LogP contribution in [0.3, 0.4) is 0 Å². The van der Waals surface area contributed by atoms with Crippen molar-refractivity contribution >= 4 is 17.8 Å². The van der Waals surface area contributed by atoms with Crippen molar-refractivity contribution < 1.29 is 9.59 Å². The van der Waals surface area contributed by atoms with Gasteiger partial charge in [0.1, 0.15) is 0 Å². The third-order valence-corrected chi connectivity index (χ3v) is 2.74. The lowest BCUT2D eigenvalue weighted by molar-refractivity contribution is 0.0924. The van der Waals surface area contributed by atoms with E-state index in [1.54, 1.807) is 18.3 Å². The Morgan fingerprint density at radius 1 is 1.18 bits per heavy atom. The highest BCUT2D eigenvalue weighted by molar-refractivity contribution is 6.33. The lowest BCUT2D eigenvalue weighted by atomic mass is 10.1. The Morgan fingerprint density at radius 2 is 1.94 bits per heavy atom. The second-order valence-corrected chi connectivity index (χ2v) is 3.91. The van der Waals surface area contributed by atoms with Crippen LogP contribution in [0.2, 0.25) is 0 Å². The first-order valence-corrected chi connectivity index (χ1v) is 5.17. The zero-order chi connectivity index (χ0) is 12.0. The predicted octanol–water partition coefficient (Wildman–Crippen LogP) is 1.52. The maximum Gasteiger partial charge on any atom is 0.268 e. The van der Waals surface area contributed by atoms with E-state index in [4.69, 9.17) is 0 Å². The number of carbonyl (C=O) groups is 2. The number of hydrogen-bond donors (Lipinski definition) is 1.